The standard InChI is InChI=1S/C29H44N4O4S.ClH/c1-4-6-8-19-30-29(34)33(20-7-5-2)26-17-21-32(22-18-26)23-24-9-13-27(14-10-24)37-28-15-11-25(12-16-28)31-38(3,35)36;/h9-16,26,31H,4-8,17-23H2,1-3H3,(H,30,34);1H. The van der Waals surface area contributed by atoms with E-state index in [9.17, 15) is 13.2 Å². The second-order valence-corrected chi connectivity index (χ2v) is 11.9. The van der Waals surface area contributed by atoms with Crippen LogP contribution in [0.1, 0.15) is 64.4 Å². The summed E-state index contributed by atoms with van der Waals surface area (Å²) in [6.45, 7) is 8.77. The highest BCUT2D eigenvalue weighted by Gasteiger charge is 2.27. The number of hydrogen-bond acceptors (Lipinski definition) is 5. The van der Waals surface area contributed by atoms with Gasteiger partial charge in [-0.25, -0.2) is 13.2 Å². The monoisotopic (exact) mass is 580 g/mol. The number of urea groups is 1. The lowest BCUT2D eigenvalue weighted by Crippen LogP contribution is -2.51. The van der Waals surface area contributed by atoms with Gasteiger partial charge in [-0.2, -0.15) is 0 Å². The van der Waals surface area contributed by atoms with E-state index in [1.165, 1.54) is 5.56 Å². The Hall–Kier alpha value is -2.49. The number of piperidine rings is 1. The van der Waals surface area contributed by atoms with Crippen LogP contribution in [-0.2, 0) is 16.6 Å². The van der Waals surface area contributed by atoms with Gasteiger partial charge in [0, 0.05) is 44.5 Å². The zero-order valence-corrected chi connectivity index (χ0v) is 25.2. The number of likely N-dealkylation sites (tertiary alicyclic amines) is 1. The summed E-state index contributed by atoms with van der Waals surface area (Å²) in [5.74, 6) is 1.37. The minimum atomic E-state index is -3.30. The molecule has 0 spiro atoms. The van der Waals surface area contributed by atoms with Crippen LogP contribution in [0.4, 0.5) is 10.5 Å². The number of nitrogens with zero attached hydrogens (tertiary/aromatic N) is 2. The van der Waals surface area contributed by atoms with Gasteiger partial charge in [-0.1, -0.05) is 45.2 Å². The van der Waals surface area contributed by atoms with Crippen molar-refractivity contribution in [2.45, 2.75) is 71.4 Å². The Morgan fingerprint density at radius 2 is 1.54 bits per heavy atom. The van der Waals surface area contributed by atoms with Crippen molar-refractivity contribution in [3.05, 3.63) is 54.1 Å². The fraction of sp³-hybridized carbons (Fsp3) is 0.552. The highest BCUT2D eigenvalue weighted by Crippen LogP contribution is 2.25. The molecule has 3 rings (SSSR count). The highest BCUT2D eigenvalue weighted by molar-refractivity contribution is 7.92. The number of carbonyl (C=O) groups excluding carboxylic acids is 1. The Labute approximate surface area is 240 Å². The number of amides is 2. The van der Waals surface area contributed by atoms with Crippen LogP contribution in [0.15, 0.2) is 48.5 Å². The van der Waals surface area contributed by atoms with E-state index in [1.54, 1.807) is 24.3 Å². The molecule has 0 aromatic heterocycles. The maximum Gasteiger partial charge on any atom is 0.317 e. The van der Waals surface area contributed by atoms with Crippen LogP contribution in [0, 0.1) is 0 Å². The van der Waals surface area contributed by atoms with Crippen LogP contribution < -0.4 is 14.8 Å². The zero-order valence-electron chi connectivity index (χ0n) is 23.5. The molecule has 1 aliphatic rings. The normalized spacial score (nSPS) is 14.3. The zero-order chi connectivity index (χ0) is 27.4. The number of hydrogen-bond donors (Lipinski definition) is 2. The first-order valence-electron chi connectivity index (χ1n) is 13.9. The van der Waals surface area contributed by atoms with E-state index in [1.807, 2.05) is 12.1 Å². The van der Waals surface area contributed by atoms with Gasteiger partial charge in [0.2, 0.25) is 10.0 Å². The summed E-state index contributed by atoms with van der Waals surface area (Å²) in [5, 5.41) is 3.14. The van der Waals surface area contributed by atoms with E-state index in [4.69, 9.17) is 4.74 Å². The molecular weight excluding hydrogens is 536 g/mol. The molecule has 10 heteroatoms. The number of nitrogens with one attached hydrogen (secondary N) is 2. The lowest BCUT2D eigenvalue weighted by molar-refractivity contribution is 0.116. The summed E-state index contributed by atoms with van der Waals surface area (Å²) in [7, 11) is -3.30. The van der Waals surface area contributed by atoms with Crippen LogP contribution in [0.2, 0.25) is 0 Å². The third-order valence-electron chi connectivity index (χ3n) is 6.79. The first-order chi connectivity index (χ1) is 18.3. The Kier molecular flexibility index (Phi) is 13.9. The van der Waals surface area contributed by atoms with E-state index in [0.717, 1.165) is 89.7 Å². The SMILES string of the molecule is CCCCCNC(=O)N(CCCC)C1CCN(Cc2ccc(Oc3ccc(NS(C)(=O)=O)cc3)cc2)CC1.Cl. The maximum atomic E-state index is 12.9. The number of anilines is 1. The number of benzene rings is 2. The third kappa shape index (κ3) is 11.6. The summed E-state index contributed by atoms with van der Waals surface area (Å²) in [6.07, 6.45) is 8.60. The Balaban J connectivity index is 0.00000533. The second-order valence-electron chi connectivity index (χ2n) is 10.1. The van der Waals surface area contributed by atoms with Crippen molar-refractivity contribution in [1.82, 2.24) is 15.1 Å². The number of rotatable bonds is 14. The largest absolute Gasteiger partial charge is 0.457 e. The van der Waals surface area contributed by atoms with Crippen LogP contribution in [0.25, 0.3) is 0 Å². The summed E-state index contributed by atoms with van der Waals surface area (Å²) in [6, 6.07) is 15.3. The summed E-state index contributed by atoms with van der Waals surface area (Å²) >= 11 is 0. The molecule has 1 heterocycles. The molecule has 0 saturated carbocycles. The lowest BCUT2D eigenvalue weighted by atomic mass is 10.0. The predicted molar refractivity (Wildman–Crippen MR) is 162 cm³/mol. The van der Waals surface area contributed by atoms with Gasteiger partial charge in [0.25, 0.3) is 0 Å². The lowest BCUT2D eigenvalue weighted by Gasteiger charge is -2.38. The second kappa shape index (κ2) is 16.6. The molecule has 0 radical (unpaired) electrons. The minimum Gasteiger partial charge on any atom is -0.457 e. The summed E-state index contributed by atoms with van der Waals surface area (Å²) in [4.78, 5) is 17.4. The molecule has 0 unspecified atom stereocenters. The number of unbranched alkanes of at least 4 members (excludes halogenated alkanes) is 3. The van der Waals surface area contributed by atoms with Crippen LogP contribution >= 0.6 is 12.4 Å². The van der Waals surface area contributed by atoms with Crippen LogP contribution in [-0.4, -0.2) is 62.7 Å². The molecule has 39 heavy (non-hydrogen) atoms. The predicted octanol–water partition coefficient (Wildman–Crippen LogP) is 6.24. The van der Waals surface area contributed by atoms with E-state index < -0.39 is 10.0 Å². The molecule has 218 valence electrons. The first-order valence-corrected chi connectivity index (χ1v) is 15.8. The number of carbonyl (C=O) groups is 1. The van der Waals surface area contributed by atoms with Gasteiger partial charge in [-0.05, 0) is 67.6 Å². The molecule has 0 atom stereocenters. The van der Waals surface area contributed by atoms with Crippen molar-refractivity contribution in [2.24, 2.45) is 0 Å². The molecule has 0 aliphatic carbocycles. The van der Waals surface area contributed by atoms with E-state index in [2.05, 4.69) is 45.8 Å². The Bertz CT molecular complexity index is 1090. The fourth-order valence-electron chi connectivity index (χ4n) is 4.70. The molecule has 1 saturated heterocycles. The van der Waals surface area contributed by atoms with Gasteiger partial charge < -0.3 is 15.0 Å². The van der Waals surface area contributed by atoms with Crippen molar-refractivity contribution >= 4 is 34.1 Å². The summed E-state index contributed by atoms with van der Waals surface area (Å²) < 4.78 is 31.1. The van der Waals surface area contributed by atoms with Crippen molar-refractivity contribution in [1.29, 1.82) is 0 Å². The average Bonchev–Trinajstić information content (AvgIpc) is 2.89. The number of halogens is 1. The van der Waals surface area contributed by atoms with Crippen molar-refractivity contribution < 1.29 is 17.9 Å². The molecule has 1 aliphatic heterocycles. The topological polar surface area (TPSA) is 91.0 Å². The van der Waals surface area contributed by atoms with E-state index in [0.29, 0.717) is 17.5 Å². The van der Waals surface area contributed by atoms with E-state index in [-0.39, 0.29) is 18.4 Å². The van der Waals surface area contributed by atoms with Gasteiger partial charge in [0.1, 0.15) is 11.5 Å². The van der Waals surface area contributed by atoms with E-state index >= 15 is 0 Å². The molecule has 2 N–H and O–H groups in total. The third-order valence-corrected chi connectivity index (χ3v) is 7.40. The van der Waals surface area contributed by atoms with Gasteiger partial charge in [-0.3, -0.25) is 9.62 Å². The van der Waals surface area contributed by atoms with Crippen LogP contribution in [0.5, 0.6) is 11.5 Å². The van der Waals surface area contributed by atoms with Gasteiger partial charge in [0.15, 0.2) is 0 Å². The van der Waals surface area contributed by atoms with Gasteiger partial charge >= 0.3 is 6.03 Å². The van der Waals surface area contributed by atoms with Crippen molar-refractivity contribution in [3.8, 4) is 11.5 Å². The maximum absolute atomic E-state index is 12.9. The van der Waals surface area contributed by atoms with Gasteiger partial charge in [0.05, 0.1) is 6.26 Å². The first kappa shape index (κ1) is 32.7. The Morgan fingerprint density at radius 1 is 0.949 bits per heavy atom. The molecule has 1 fully saturated rings. The van der Waals surface area contributed by atoms with Gasteiger partial charge in [-0.15, -0.1) is 12.4 Å². The molecule has 2 amide bonds. The average molecular weight is 581 g/mol. The smallest absolute Gasteiger partial charge is 0.317 e. The van der Waals surface area contributed by atoms with Crippen molar-refractivity contribution in [2.75, 3.05) is 37.2 Å². The molecule has 2 aromatic carbocycles. The van der Waals surface area contributed by atoms with Crippen LogP contribution in [0.3, 0.4) is 0 Å². The highest BCUT2D eigenvalue weighted by atomic mass is 35.5. The fourth-order valence-corrected chi connectivity index (χ4v) is 5.27. The summed E-state index contributed by atoms with van der Waals surface area (Å²) in [5.41, 5.74) is 1.72. The number of sulfonamides is 1. The molecule has 2 aromatic rings. The van der Waals surface area contributed by atoms with Crippen molar-refractivity contribution in [3.63, 3.8) is 0 Å². The number of ether oxygens (including phenoxy) is 1. The molecule has 8 nitrogen and oxygen atoms in total. The quantitative estimate of drug-likeness (QED) is 0.258. The Morgan fingerprint density at radius 3 is 2.10 bits per heavy atom. The minimum absolute atomic E-state index is 0. The molecular formula is C29H45ClN4O4S. The molecule has 0 bridgehead atoms.